The number of aryl methyl sites for hydroxylation is 1. The fourth-order valence-corrected chi connectivity index (χ4v) is 2.20. The highest BCUT2D eigenvalue weighted by atomic mass is 16.1. The van der Waals surface area contributed by atoms with Crippen LogP contribution in [0.5, 0.6) is 0 Å². The van der Waals surface area contributed by atoms with Crippen LogP contribution >= 0.6 is 0 Å². The summed E-state index contributed by atoms with van der Waals surface area (Å²) in [6.45, 7) is 2.53. The zero-order valence-corrected chi connectivity index (χ0v) is 11.3. The lowest BCUT2D eigenvalue weighted by Gasteiger charge is -1.98. The molecule has 102 valence electrons. The van der Waals surface area contributed by atoms with E-state index in [2.05, 4.69) is 10.1 Å². The summed E-state index contributed by atoms with van der Waals surface area (Å²) >= 11 is 0. The minimum absolute atomic E-state index is 0.114. The van der Waals surface area contributed by atoms with Crippen LogP contribution in [0, 0.1) is 6.92 Å². The van der Waals surface area contributed by atoms with E-state index in [1.165, 1.54) is 16.1 Å². The molecule has 0 amide bonds. The average molecular weight is 268 g/mol. The van der Waals surface area contributed by atoms with Crippen LogP contribution in [-0.4, -0.2) is 21.1 Å². The van der Waals surface area contributed by atoms with Gasteiger partial charge >= 0.3 is 0 Å². The van der Waals surface area contributed by atoms with Crippen molar-refractivity contribution in [3.05, 3.63) is 58.0 Å². The number of hydrogen-bond donors (Lipinski definition) is 2. The van der Waals surface area contributed by atoms with E-state index in [1.807, 2.05) is 37.3 Å². The second-order valence-electron chi connectivity index (χ2n) is 4.85. The van der Waals surface area contributed by atoms with Gasteiger partial charge in [0, 0.05) is 24.2 Å². The molecule has 20 heavy (non-hydrogen) atoms. The molecule has 0 aliphatic heterocycles. The van der Waals surface area contributed by atoms with Crippen LogP contribution in [0.3, 0.4) is 0 Å². The Morgan fingerprint density at radius 2 is 2.00 bits per heavy atom. The number of H-pyrrole nitrogens is 1. The molecular formula is C15H16N4O. The lowest BCUT2D eigenvalue weighted by atomic mass is 10.1. The summed E-state index contributed by atoms with van der Waals surface area (Å²) in [5, 5.41) is 3.08. The van der Waals surface area contributed by atoms with Gasteiger partial charge in [-0.2, -0.15) is 0 Å². The van der Waals surface area contributed by atoms with Crippen molar-refractivity contribution in [2.45, 2.75) is 13.3 Å². The zero-order valence-electron chi connectivity index (χ0n) is 11.3. The van der Waals surface area contributed by atoms with Gasteiger partial charge in [-0.3, -0.25) is 9.89 Å². The van der Waals surface area contributed by atoms with Gasteiger partial charge in [-0.1, -0.05) is 29.8 Å². The number of nitrogens with two attached hydrogens (primary N) is 1. The molecule has 0 spiro atoms. The number of aromatic amines is 1. The standard InChI is InChI=1S/C15H16N4O/c1-10-2-4-11(5-3-10)13-9-14-17-12(6-7-16)8-15(20)19(14)18-13/h2-5,8-9,18H,6-7,16H2,1H3. The Hall–Kier alpha value is -2.40. The molecule has 1 aromatic carbocycles. The van der Waals surface area contributed by atoms with E-state index in [-0.39, 0.29) is 5.56 Å². The molecule has 2 aromatic heterocycles. The quantitative estimate of drug-likeness (QED) is 0.755. The van der Waals surface area contributed by atoms with Crippen LogP contribution in [0.4, 0.5) is 0 Å². The monoisotopic (exact) mass is 268 g/mol. The molecule has 3 rings (SSSR count). The van der Waals surface area contributed by atoms with Gasteiger partial charge in [0.15, 0.2) is 5.65 Å². The summed E-state index contributed by atoms with van der Waals surface area (Å²) in [6.07, 6.45) is 0.608. The highest BCUT2D eigenvalue weighted by molar-refractivity contribution is 5.64. The smallest absolute Gasteiger partial charge is 0.272 e. The first-order chi connectivity index (χ1) is 9.67. The number of fused-ring (bicyclic) bond motifs is 1. The third-order valence-corrected chi connectivity index (χ3v) is 3.27. The van der Waals surface area contributed by atoms with Gasteiger partial charge in [-0.15, -0.1) is 0 Å². The van der Waals surface area contributed by atoms with E-state index in [0.29, 0.717) is 18.6 Å². The van der Waals surface area contributed by atoms with Crippen LogP contribution in [-0.2, 0) is 6.42 Å². The Kier molecular flexibility index (Phi) is 3.12. The highest BCUT2D eigenvalue weighted by Gasteiger charge is 2.07. The van der Waals surface area contributed by atoms with Gasteiger partial charge in [0.25, 0.3) is 5.56 Å². The zero-order chi connectivity index (χ0) is 14.1. The maximum atomic E-state index is 12.0. The molecule has 3 aromatic rings. The van der Waals surface area contributed by atoms with Crippen molar-refractivity contribution in [3.63, 3.8) is 0 Å². The van der Waals surface area contributed by atoms with Crippen molar-refractivity contribution in [2.75, 3.05) is 6.54 Å². The van der Waals surface area contributed by atoms with Crippen LogP contribution in [0.2, 0.25) is 0 Å². The van der Waals surface area contributed by atoms with E-state index in [0.717, 1.165) is 17.0 Å². The Bertz CT molecular complexity index is 799. The van der Waals surface area contributed by atoms with Crippen molar-refractivity contribution in [2.24, 2.45) is 5.73 Å². The molecule has 5 heteroatoms. The molecule has 0 saturated carbocycles. The number of rotatable bonds is 3. The predicted molar refractivity (Wildman–Crippen MR) is 78.7 cm³/mol. The Morgan fingerprint density at radius 1 is 1.25 bits per heavy atom. The Balaban J connectivity index is 2.12. The Labute approximate surface area is 116 Å². The molecule has 0 fully saturated rings. The molecule has 0 radical (unpaired) electrons. The predicted octanol–water partition coefficient (Wildman–Crippen LogP) is 1.50. The van der Waals surface area contributed by atoms with E-state index in [4.69, 9.17) is 5.73 Å². The fraction of sp³-hybridized carbons (Fsp3) is 0.200. The third-order valence-electron chi connectivity index (χ3n) is 3.27. The third kappa shape index (κ3) is 2.23. The van der Waals surface area contributed by atoms with E-state index in [1.54, 1.807) is 0 Å². The van der Waals surface area contributed by atoms with E-state index < -0.39 is 0 Å². The van der Waals surface area contributed by atoms with Gasteiger partial charge in [0.05, 0.1) is 5.69 Å². The number of hydrogen-bond acceptors (Lipinski definition) is 3. The molecule has 3 N–H and O–H groups in total. The largest absolute Gasteiger partial charge is 0.330 e. The van der Waals surface area contributed by atoms with Gasteiger partial charge in [-0.25, -0.2) is 9.50 Å². The topological polar surface area (TPSA) is 76.2 Å². The van der Waals surface area contributed by atoms with Gasteiger partial charge < -0.3 is 5.73 Å². The summed E-state index contributed by atoms with van der Waals surface area (Å²) in [5.41, 5.74) is 9.85. The molecule has 0 aliphatic rings. The number of aromatic nitrogens is 3. The summed E-state index contributed by atoms with van der Waals surface area (Å²) in [7, 11) is 0. The lowest BCUT2D eigenvalue weighted by molar-refractivity contribution is 0.858. The average Bonchev–Trinajstić information content (AvgIpc) is 2.84. The molecule has 0 atom stereocenters. The minimum Gasteiger partial charge on any atom is -0.330 e. The maximum Gasteiger partial charge on any atom is 0.272 e. The summed E-state index contributed by atoms with van der Waals surface area (Å²) in [4.78, 5) is 16.5. The first-order valence-corrected chi connectivity index (χ1v) is 6.56. The lowest BCUT2D eigenvalue weighted by Crippen LogP contribution is -2.17. The van der Waals surface area contributed by atoms with Gasteiger partial charge in [0.2, 0.25) is 0 Å². The fourth-order valence-electron chi connectivity index (χ4n) is 2.20. The Morgan fingerprint density at radius 3 is 2.70 bits per heavy atom. The second kappa shape index (κ2) is 4.94. The number of nitrogens with zero attached hydrogens (tertiary/aromatic N) is 2. The van der Waals surface area contributed by atoms with Crippen molar-refractivity contribution >= 4 is 5.65 Å². The molecule has 0 unspecified atom stereocenters. The summed E-state index contributed by atoms with van der Waals surface area (Å²) in [5.74, 6) is 0. The van der Waals surface area contributed by atoms with Crippen LogP contribution in [0.25, 0.3) is 16.9 Å². The first kappa shape index (κ1) is 12.6. The van der Waals surface area contributed by atoms with E-state index in [9.17, 15) is 4.79 Å². The molecule has 2 heterocycles. The second-order valence-corrected chi connectivity index (χ2v) is 4.85. The normalized spacial score (nSPS) is 11.1. The van der Waals surface area contributed by atoms with Crippen LogP contribution in [0.1, 0.15) is 11.3 Å². The molecule has 5 nitrogen and oxygen atoms in total. The van der Waals surface area contributed by atoms with Crippen molar-refractivity contribution < 1.29 is 0 Å². The van der Waals surface area contributed by atoms with Crippen molar-refractivity contribution in [3.8, 4) is 11.3 Å². The molecule has 0 saturated heterocycles. The van der Waals surface area contributed by atoms with Gasteiger partial charge in [0.1, 0.15) is 0 Å². The summed E-state index contributed by atoms with van der Waals surface area (Å²) < 4.78 is 1.45. The van der Waals surface area contributed by atoms with E-state index >= 15 is 0 Å². The SMILES string of the molecule is Cc1ccc(-c2cc3nc(CCN)cc(=O)n3[nH]2)cc1. The molecular weight excluding hydrogens is 252 g/mol. The van der Waals surface area contributed by atoms with Crippen molar-refractivity contribution in [1.82, 2.24) is 14.6 Å². The summed E-state index contributed by atoms with van der Waals surface area (Å²) in [6, 6.07) is 11.5. The first-order valence-electron chi connectivity index (χ1n) is 6.56. The van der Waals surface area contributed by atoms with Crippen LogP contribution < -0.4 is 11.3 Å². The molecule has 0 aliphatic carbocycles. The number of benzene rings is 1. The number of nitrogens with one attached hydrogen (secondary N) is 1. The molecule has 0 bridgehead atoms. The minimum atomic E-state index is -0.114. The van der Waals surface area contributed by atoms with Crippen LogP contribution in [0.15, 0.2) is 41.2 Å². The maximum absolute atomic E-state index is 12.0. The van der Waals surface area contributed by atoms with Crippen molar-refractivity contribution in [1.29, 1.82) is 0 Å². The van der Waals surface area contributed by atoms with Gasteiger partial charge in [-0.05, 0) is 19.0 Å². The highest BCUT2D eigenvalue weighted by Crippen LogP contribution is 2.18.